The fourth-order valence-corrected chi connectivity index (χ4v) is 3.94. The minimum absolute atomic E-state index is 0.0349. The van der Waals surface area contributed by atoms with E-state index in [9.17, 15) is 24.3 Å². The lowest BCUT2D eigenvalue weighted by atomic mass is 10.1. The van der Waals surface area contributed by atoms with Crippen LogP contribution in [0.15, 0.2) is 35.3 Å². The Labute approximate surface area is 187 Å². The van der Waals surface area contributed by atoms with Crippen molar-refractivity contribution in [3.63, 3.8) is 0 Å². The van der Waals surface area contributed by atoms with Crippen LogP contribution in [0.4, 0.5) is 10.7 Å². The van der Waals surface area contributed by atoms with Crippen molar-refractivity contribution in [3.05, 3.63) is 46.3 Å². The molecule has 4 N–H and O–H groups in total. The molecule has 0 fully saturated rings. The predicted molar refractivity (Wildman–Crippen MR) is 120 cm³/mol. The zero-order valence-corrected chi connectivity index (χ0v) is 18.2. The largest absolute Gasteiger partial charge is 0.481 e. The van der Waals surface area contributed by atoms with Crippen LogP contribution < -0.4 is 15.5 Å². The first-order chi connectivity index (χ1) is 15.2. The minimum atomic E-state index is -1.32. The van der Waals surface area contributed by atoms with Crippen molar-refractivity contribution < 1.29 is 29.4 Å². The van der Waals surface area contributed by atoms with E-state index in [1.807, 2.05) is 13.0 Å². The topological polar surface area (TPSA) is 148 Å². The van der Waals surface area contributed by atoms with Gasteiger partial charge in [0.15, 0.2) is 0 Å². The quantitative estimate of drug-likeness (QED) is 0.474. The van der Waals surface area contributed by atoms with Crippen LogP contribution in [0.3, 0.4) is 0 Å². The van der Waals surface area contributed by atoms with Gasteiger partial charge in [0.1, 0.15) is 12.2 Å². The van der Waals surface area contributed by atoms with Gasteiger partial charge in [0.2, 0.25) is 0 Å². The molecule has 1 aliphatic heterocycles. The third-order valence-corrected chi connectivity index (χ3v) is 5.96. The van der Waals surface area contributed by atoms with Crippen molar-refractivity contribution in [3.8, 4) is 0 Å². The number of aliphatic carboxylic acids is 2. The van der Waals surface area contributed by atoms with Gasteiger partial charge in [-0.25, -0.2) is 4.79 Å². The van der Waals surface area contributed by atoms with E-state index in [0.29, 0.717) is 10.6 Å². The van der Waals surface area contributed by atoms with Gasteiger partial charge in [-0.05, 0) is 43.7 Å². The van der Waals surface area contributed by atoms with E-state index in [1.165, 1.54) is 11.0 Å². The Balaban J connectivity index is 1.70. The molecule has 0 aliphatic carbocycles. The Hall–Kier alpha value is -3.73. The van der Waals surface area contributed by atoms with Crippen LogP contribution in [0.1, 0.15) is 45.4 Å². The highest BCUT2D eigenvalue weighted by Crippen LogP contribution is 2.28. The van der Waals surface area contributed by atoms with E-state index in [4.69, 9.17) is 5.11 Å². The highest BCUT2D eigenvalue weighted by molar-refractivity contribution is 7.18. The zero-order valence-electron chi connectivity index (χ0n) is 17.4. The molecule has 2 amide bonds. The van der Waals surface area contributed by atoms with E-state index < -0.39 is 23.9 Å². The van der Waals surface area contributed by atoms with Gasteiger partial charge in [-0.3, -0.25) is 19.4 Å². The summed E-state index contributed by atoms with van der Waals surface area (Å²) in [6.07, 6.45) is 1.06. The molecule has 0 saturated carbocycles. The molecule has 11 heteroatoms. The summed E-state index contributed by atoms with van der Waals surface area (Å²) in [4.78, 5) is 53.2. The van der Waals surface area contributed by atoms with Crippen molar-refractivity contribution >= 4 is 52.0 Å². The van der Waals surface area contributed by atoms with Gasteiger partial charge in [-0.1, -0.05) is 0 Å². The van der Waals surface area contributed by atoms with E-state index in [-0.39, 0.29) is 29.8 Å². The number of anilines is 2. The second kappa shape index (κ2) is 9.60. The fourth-order valence-electron chi connectivity index (χ4n) is 3.07. The Morgan fingerprint density at radius 3 is 2.66 bits per heavy atom. The lowest BCUT2D eigenvalue weighted by Gasteiger charge is -2.20. The molecule has 0 bridgehead atoms. The molecule has 0 saturated heterocycles. The van der Waals surface area contributed by atoms with Gasteiger partial charge < -0.3 is 25.7 Å². The van der Waals surface area contributed by atoms with Crippen LogP contribution in [0.25, 0.3) is 0 Å². The van der Waals surface area contributed by atoms with Gasteiger partial charge in [-0.15, -0.1) is 11.3 Å². The molecule has 168 valence electrons. The number of carbonyl (C=O) groups excluding carboxylic acids is 2. The average Bonchev–Trinajstić information content (AvgIpc) is 3.25. The maximum Gasteiger partial charge on any atom is 0.326 e. The number of benzene rings is 1. The molecule has 1 aromatic heterocycles. The summed E-state index contributed by atoms with van der Waals surface area (Å²) < 4.78 is 0. The van der Waals surface area contributed by atoms with Gasteiger partial charge in [0, 0.05) is 36.5 Å². The normalized spacial score (nSPS) is 15.2. The number of nitrogens with zero attached hydrogens (tertiary/aromatic N) is 2. The van der Waals surface area contributed by atoms with E-state index >= 15 is 0 Å². The number of hydrogen-bond donors (Lipinski definition) is 4. The lowest BCUT2D eigenvalue weighted by molar-refractivity contribution is -0.140. The number of rotatable bonds is 8. The SMILES string of the molecule is CC1N=Cc2cc(C(=O)N(C)c3ccc(C(=O)N[C@@H](CCC(=O)O)C(=O)O)s3)ccc2N1. The molecular formula is C21H22N4O6S. The number of fused-ring (bicyclic) bond motifs is 1. The van der Waals surface area contributed by atoms with Crippen molar-refractivity contribution in [1.29, 1.82) is 0 Å². The van der Waals surface area contributed by atoms with Crippen molar-refractivity contribution in [2.75, 3.05) is 17.3 Å². The number of amides is 2. The Morgan fingerprint density at radius 1 is 1.22 bits per heavy atom. The average molecular weight is 458 g/mol. The second-order valence-corrected chi connectivity index (χ2v) is 8.26. The molecular weight excluding hydrogens is 436 g/mol. The number of aliphatic imine (C=N–C) groups is 1. The Kier molecular flexibility index (Phi) is 6.89. The summed E-state index contributed by atoms with van der Waals surface area (Å²) in [6.45, 7) is 1.92. The van der Waals surface area contributed by atoms with E-state index in [0.717, 1.165) is 22.6 Å². The van der Waals surface area contributed by atoms with Crippen molar-refractivity contribution in [2.24, 2.45) is 4.99 Å². The van der Waals surface area contributed by atoms with Crippen LogP contribution in [-0.4, -0.2) is 59.4 Å². The first kappa shape index (κ1) is 22.9. The van der Waals surface area contributed by atoms with Gasteiger partial charge >= 0.3 is 11.9 Å². The van der Waals surface area contributed by atoms with Crippen LogP contribution >= 0.6 is 11.3 Å². The summed E-state index contributed by atoms with van der Waals surface area (Å²) in [6, 6.07) is 7.01. The maximum absolute atomic E-state index is 12.9. The highest BCUT2D eigenvalue weighted by atomic mass is 32.1. The van der Waals surface area contributed by atoms with Gasteiger partial charge in [0.05, 0.1) is 9.88 Å². The molecule has 1 unspecified atom stereocenters. The molecule has 2 aromatic rings. The molecule has 32 heavy (non-hydrogen) atoms. The summed E-state index contributed by atoms with van der Waals surface area (Å²) >= 11 is 1.02. The highest BCUT2D eigenvalue weighted by Gasteiger charge is 2.24. The molecule has 3 rings (SSSR count). The number of nitrogens with one attached hydrogen (secondary N) is 2. The molecule has 2 atom stereocenters. The van der Waals surface area contributed by atoms with Gasteiger partial charge in [-0.2, -0.15) is 0 Å². The van der Waals surface area contributed by atoms with Crippen LogP contribution in [0.5, 0.6) is 0 Å². The fraction of sp³-hybridized carbons (Fsp3) is 0.286. The lowest BCUT2D eigenvalue weighted by Crippen LogP contribution is -2.40. The van der Waals surface area contributed by atoms with Crippen LogP contribution in [0, 0.1) is 0 Å². The summed E-state index contributed by atoms with van der Waals surface area (Å²) in [7, 11) is 1.58. The first-order valence-electron chi connectivity index (χ1n) is 9.73. The number of carbonyl (C=O) groups is 4. The van der Waals surface area contributed by atoms with Crippen molar-refractivity contribution in [2.45, 2.75) is 32.0 Å². The number of thiophene rings is 1. The minimum Gasteiger partial charge on any atom is -0.481 e. The molecule has 1 aliphatic rings. The molecule has 0 spiro atoms. The number of carboxylic acid groups (broad SMARTS) is 2. The Morgan fingerprint density at radius 2 is 1.97 bits per heavy atom. The van der Waals surface area contributed by atoms with E-state index in [1.54, 1.807) is 31.5 Å². The first-order valence-corrected chi connectivity index (χ1v) is 10.5. The third kappa shape index (κ3) is 5.30. The molecule has 2 heterocycles. The number of carboxylic acids is 2. The predicted octanol–water partition coefficient (Wildman–Crippen LogP) is 2.26. The standard InChI is InChI=1S/C21H22N4O6S/c1-11-22-10-13-9-12(3-4-14(13)23-11)20(29)25(2)17-7-6-16(32-17)19(28)24-15(21(30)31)5-8-18(26)27/h3-4,6-7,9-11,15,23H,5,8H2,1-2H3,(H,24,28)(H,26,27)(H,30,31)/t11?,15-/m0/s1. The Bertz CT molecular complexity index is 1100. The maximum atomic E-state index is 12.9. The molecule has 1 aromatic carbocycles. The van der Waals surface area contributed by atoms with Crippen LogP contribution in [-0.2, 0) is 9.59 Å². The summed E-state index contributed by atoms with van der Waals surface area (Å²) in [5.41, 5.74) is 2.14. The zero-order chi connectivity index (χ0) is 23.4. The van der Waals surface area contributed by atoms with Crippen LogP contribution in [0.2, 0.25) is 0 Å². The monoisotopic (exact) mass is 458 g/mol. The van der Waals surface area contributed by atoms with Crippen molar-refractivity contribution in [1.82, 2.24) is 5.32 Å². The smallest absolute Gasteiger partial charge is 0.326 e. The molecule has 0 radical (unpaired) electrons. The summed E-state index contributed by atoms with van der Waals surface area (Å²) in [5.74, 6) is -3.39. The summed E-state index contributed by atoms with van der Waals surface area (Å²) in [5, 5.41) is 24.0. The van der Waals surface area contributed by atoms with E-state index in [2.05, 4.69) is 15.6 Å². The van der Waals surface area contributed by atoms with Gasteiger partial charge in [0.25, 0.3) is 11.8 Å². The number of hydrogen-bond acceptors (Lipinski definition) is 7. The second-order valence-electron chi connectivity index (χ2n) is 7.20. The third-order valence-electron chi connectivity index (χ3n) is 4.80. The molecule has 10 nitrogen and oxygen atoms in total.